The lowest BCUT2D eigenvalue weighted by molar-refractivity contribution is 0.122. The summed E-state index contributed by atoms with van der Waals surface area (Å²) in [6.45, 7) is 2.12. The van der Waals surface area contributed by atoms with E-state index in [1.807, 2.05) is 30.3 Å². The van der Waals surface area contributed by atoms with Gasteiger partial charge in [-0.25, -0.2) is 4.79 Å². The number of nitrogens with zero attached hydrogens (tertiary/aromatic N) is 2. The number of carbonyl (C=O) groups is 1. The van der Waals surface area contributed by atoms with Gasteiger partial charge < -0.3 is 4.90 Å². The minimum Gasteiger partial charge on any atom is -0.312 e. The van der Waals surface area contributed by atoms with Crippen LogP contribution in [0.2, 0.25) is 0 Å². The first kappa shape index (κ1) is 14.2. The zero-order chi connectivity index (χ0) is 13.4. The molecule has 0 saturated heterocycles. The Balaban J connectivity index is 2.78. The van der Waals surface area contributed by atoms with Gasteiger partial charge in [-0.05, 0) is 18.4 Å². The van der Waals surface area contributed by atoms with Crippen LogP contribution in [-0.4, -0.2) is 30.8 Å². The van der Waals surface area contributed by atoms with Crippen LogP contribution in [0.15, 0.2) is 35.5 Å². The molecule has 0 saturated carbocycles. The molecule has 0 aliphatic heterocycles. The molecule has 0 heterocycles. The Kier molecular flexibility index (Phi) is 5.91. The summed E-state index contributed by atoms with van der Waals surface area (Å²) in [5.74, 6) is 0. The molecule has 0 spiro atoms. The second kappa shape index (κ2) is 7.48. The van der Waals surface area contributed by atoms with Crippen molar-refractivity contribution in [1.29, 1.82) is 0 Å². The summed E-state index contributed by atoms with van der Waals surface area (Å²) in [6, 6.07) is 9.79. The number of benzene rings is 1. The van der Waals surface area contributed by atoms with Gasteiger partial charge in [-0.15, -0.1) is 0 Å². The molecule has 0 N–H and O–H groups in total. The van der Waals surface area contributed by atoms with Gasteiger partial charge in [-0.1, -0.05) is 48.8 Å². The largest absolute Gasteiger partial charge is 0.435 e. The van der Waals surface area contributed by atoms with Crippen LogP contribution < -0.4 is 0 Å². The Hall–Kier alpha value is -1.84. The van der Waals surface area contributed by atoms with Crippen LogP contribution in [0, 0.1) is 0 Å². The number of carbonyl (C=O) groups excluding carboxylic acids is 1. The molecule has 1 aromatic rings. The zero-order valence-corrected chi connectivity index (χ0v) is 11.2. The van der Waals surface area contributed by atoms with Crippen LogP contribution in [0.1, 0.15) is 31.7 Å². The highest BCUT2D eigenvalue weighted by atomic mass is 16.7. The van der Waals surface area contributed by atoms with E-state index in [1.54, 1.807) is 14.1 Å². The summed E-state index contributed by atoms with van der Waals surface area (Å²) in [6.07, 6.45) is 2.45. The van der Waals surface area contributed by atoms with Crippen LogP contribution in [-0.2, 0) is 4.84 Å². The summed E-state index contributed by atoms with van der Waals surface area (Å²) < 4.78 is 0. The zero-order valence-electron chi connectivity index (χ0n) is 11.2. The van der Waals surface area contributed by atoms with Crippen LogP contribution in [0.4, 0.5) is 4.79 Å². The van der Waals surface area contributed by atoms with Gasteiger partial charge in [0.2, 0.25) is 0 Å². The quantitative estimate of drug-likeness (QED) is 0.456. The molecule has 4 heteroatoms. The topological polar surface area (TPSA) is 41.9 Å². The fourth-order valence-electron chi connectivity index (χ4n) is 1.39. The first-order chi connectivity index (χ1) is 8.65. The number of unbranched alkanes of at least 4 members (excludes halogenated alkanes) is 1. The summed E-state index contributed by atoms with van der Waals surface area (Å²) in [5.41, 5.74) is 1.81. The van der Waals surface area contributed by atoms with E-state index < -0.39 is 6.09 Å². The highest BCUT2D eigenvalue weighted by Crippen LogP contribution is 2.09. The van der Waals surface area contributed by atoms with Crippen LogP contribution >= 0.6 is 0 Å². The molecular formula is C14H20N2O2. The molecule has 0 fully saturated rings. The second-order valence-electron chi connectivity index (χ2n) is 4.26. The van der Waals surface area contributed by atoms with Crippen LogP contribution in [0.3, 0.4) is 0 Å². The number of hydrogen-bond acceptors (Lipinski definition) is 3. The van der Waals surface area contributed by atoms with E-state index in [4.69, 9.17) is 4.84 Å². The van der Waals surface area contributed by atoms with Gasteiger partial charge in [0.05, 0.1) is 5.71 Å². The minimum atomic E-state index is -0.458. The Bertz CT molecular complexity index is 400. The molecule has 0 bridgehead atoms. The molecule has 1 rings (SSSR count). The Morgan fingerprint density at radius 1 is 1.28 bits per heavy atom. The van der Waals surface area contributed by atoms with E-state index >= 15 is 0 Å². The Morgan fingerprint density at radius 3 is 2.50 bits per heavy atom. The van der Waals surface area contributed by atoms with Crippen molar-refractivity contribution >= 4 is 11.8 Å². The molecular weight excluding hydrogens is 228 g/mol. The van der Waals surface area contributed by atoms with E-state index in [9.17, 15) is 4.79 Å². The average molecular weight is 248 g/mol. The molecule has 0 atom stereocenters. The lowest BCUT2D eigenvalue weighted by Gasteiger charge is -2.09. The van der Waals surface area contributed by atoms with Crippen molar-refractivity contribution in [3.8, 4) is 0 Å². The molecule has 1 amide bonds. The van der Waals surface area contributed by atoms with Gasteiger partial charge in [0.1, 0.15) is 0 Å². The Morgan fingerprint density at radius 2 is 1.94 bits per heavy atom. The van der Waals surface area contributed by atoms with Gasteiger partial charge in [0.25, 0.3) is 0 Å². The summed E-state index contributed by atoms with van der Waals surface area (Å²) in [4.78, 5) is 17.6. The molecule has 1 aromatic carbocycles. The predicted molar refractivity (Wildman–Crippen MR) is 72.7 cm³/mol. The summed E-state index contributed by atoms with van der Waals surface area (Å²) >= 11 is 0. The van der Waals surface area contributed by atoms with Crippen molar-refractivity contribution in [2.24, 2.45) is 5.16 Å². The van der Waals surface area contributed by atoms with Crippen molar-refractivity contribution < 1.29 is 9.63 Å². The van der Waals surface area contributed by atoms with Crippen molar-refractivity contribution in [2.45, 2.75) is 26.2 Å². The van der Waals surface area contributed by atoms with E-state index in [2.05, 4.69) is 12.1 Å². The summed E-state index contributed by atoms with van der Waals surface area (Å²) in [5, 5.41) is 3.98. The van der Waals surface area contributed by atoms with Gasteiger partial charge in [0, 0.05) is 14.1 Å². The third-order valence-electron chi connectivity index (χ3n) is 2.47. The van der Waals surface area contributed by atoms with Crippen molar-refractivity contribution in [1.82, 2.24) is 4.90 Å². The SMILES string of the molecule is CCCC/C(=N\OC(=O)N(C)C)c1ccccc1. The number of oxime groups is 1. The second-order valence-corrected chi connectivity index (χ2v) is 4.26. The number of hydrogen-bond donors (Lipinski definition) is 0. The maximum atomic E-state index is 11.3. The highest BCUT2D eigenvalue weighted by molar-refractivity contribution is 6.00. The molecule has 0 radical (unpaired) electrons. The fourth-order valence-corrected chi connectivity index (χ4v) is 1.39. The van der Waals surface area contributed by atoms with Gasteiger partial charge in [0.15, 0.2) is 0 Å². The normalized spacial score (nSPS) is 11.2. The van der Waals surface area contributed by atoms with Crippen molar-refractivity contribution in [3.05, 3.63) is 35.9 Å². The van der Waals surface area contributed by atoms with E-state index in [0.717, 1.165) is 30.5 Å². The summed E-state index contributed by atoms with van der Waals surface area (Å²) in [7, 11) is 3.26. The number of amides is 1. The smallest absolute Gasteiger partial charge is 0.312 e. The van der Waals surface area contributed by atoms with E-state index in [0.29, 0.717) is 0 Å². The maximum Gasteiger partial charge on any atom is 0.435 e. The standard InChI is InChI=1S/C14H20N2O2/c1-4-5-11-13(12-9-7-6-8-10-12)15-18-14(17)16(2)3/h6-10H,4-5,11H2,1-3H3/b15-13+. The third-order valence-corrected chi connectivity index (χ3v) is 2.47. The average Bonchev–Trinajstić information content (AvgIpc) is 2.39. The molecule has 18 heavy (non-hydrogen) atoms. The van der Waals surface area contributed by atoms with Crippen molar-refractivity contribution in [3.63, 3.8) is 0 Å². The molecule has 0 aliphatic carbocycles. The van der Waals surface area contributed by atoms with Crippen molar-refractivity contribution in [2.75, 3.05) is 14.1 Å². The molecule has 0 aliphatic rings. The molecule has 0 aromatic heterocycles. The maximum absolute atomic E-state index is 11.3. The molecule has 4 nitrogen and oxygen atoms in total. The van der Waals surface area contributed by atoms with Gasteiger partial charge >= 0.3 is 6.09 Å². The third kappa shape index (κ3) is 4.57. The lowest BCUT2D eigenvalue weighted by atomic mass is 10.1. The monoisotopic (exact) mass is 248 g/mol. The van der Waals surface area contributed by atoms with Crippen LogP contribution in [0.25, 0.3) is 0 Å². The Labute approximate surface area is 108 Å². The van der Waals surface area contributed by atoms with E-state index in [1.165, 1.54) is 4.90 Å². The van der Waals surface area contributed by atoms with Crippen LogP contribution in [0.5, 0.6) is 0 Å². The van der Waals surface area contributed by atoms with Gasteiger partial charge in [-0.2, -0.15) is 0 Å². The highest BCUT2D eigenvalue weighted by Gasteiger charge is 2.07. The fraction of sp³-hybridized carbons (Fsp3) is 0.429. The first-order valence-electron chi connectivity index (χ1n) is 6.15. The van der Waals surface area contributed by atoms with Gasteiger partial charge in [-0.3, -0.25) is 4.84 Å². The molecule has 0 unspecified atom stereocenters. The molecule has 98 valence electrons. The van der Waals surface area contributed by atoms with E-state index in [-0.39, 0.29) is 0 Å². The first-order valence-corrected chi connectivity index (χ1v) is 6.15. The lowest BCUT2D eigenvalue weighted by Crippen LogP contribution is -2.21. The minimum absolute atomic E-state index is 0.458. The number of rotatable bonds is 5. The predicted octanol–water partition coefficient (Wildman–Crippen LogP) is 3.28.